The summed E-state index contributed by atoms with van der Waals surface area (Å²) in [4.78, 5) is 29.7. The number of alkyl halides is 3. The van der Waals surface area contributed by atoms with Gasteiger partial charge in [0.05, 0.1) is 24.6 Å². The molecule has 0 fully saturated rings. The average Bonchev–Trinajstić information content (AvgIpc) is 3.48. The number of benzene rings is 4. The number of nitrogens with one attached hydrogen (secondary N) is 1. The third-order valence-corrected chi connectivity index (χ3v) is 7.43. The SMILES string of the molecule is COc1ccc([C@H]2[C@H](C(=O)NCc3cccc(C(F)(F)F)c3)c3ccccc3C(=O)N2c2ccc3c(c2)OCO3)cc1. The summed E-state index contributed by atoms with van der Waals surface area (Å²) in [7, 11) is 1.54. The summed E-state index contributed by atoms with van der Waals surface area (Å²) in [5, 5.41) is 2.83. The fourth-order valence-corrected chi connectivity index (χ4v) is 5.44. The number of hydrogen-bond donors (Lipinski definition) is 1. The Labute approximate surface area is 239 Å². The van der Waals surface area contributed by atoms with Gasteiger partial charge in [0.15, 0.2) is 11.5 Å². The van der Waals surface area contributed by atoms with E-state index in [1.165, 1.54) is 12.1 Å². The molecular weight excluding hydrogens is 549 g/mol. The highest BCUT2D eigenvalue weighted by Crippen LogP contribution is 2.47. The van der Waals surface area contributed by atoms with E-state index in [4.69, 9.17) is 14.2 Å². The Bertz CT molecular complexity index is 1650. The number of amides is 2. The van der Waals surface area contributed by atoms with Crippen LogP contribution in [0.1, 0.15) is 44.6 Å². The minimum atomic E-state index is -4.51. The monoisotopic (exact) mass is 574 g/mol. The molecule has 0 spiro atoms. The van der Waals surface area contributed by atoms with E-state index in [1.807, 2.05) is 0 Å². The second-order valence-corrected chi connectivity index (χ2v) is 9.91. The van der Waals surface area contributed by atoms with Gasteiger partial charge in [0.2, 0.25) is 12.7 Å². The molecule has 2 amide bonds. The highest BCUT2D eigenvalue weighted by molar-refractivity contribution is 6.11. The molecule has 4 aromatic rings. The maximum Gasteiger partial charge on any atom is 0.416 e. The van der Waals surface area contributed by atoms with Crippen molar-refractivity contribution >= 4 is 17.5 Å². The molecule has 0 bridgehead atoms. The van der Waals surface area contributed by atoms with E-state index in [-0.39, 0.29) is 19.2 Å². The maximum atomic E-state index is 14.1. The van der Waals surface area contributed by atoms with Gasteiger partial charge in [-0.3, -0.25) is 14.5 Å². The molecule has 0 aromatic heterocycles. The van der Waals surface area contributed by atoms with Crippen molar-refractivity contribution in [3.05, 3.63) is 119 Å². The maximum absolute atomic E-state index is 14.1. The van der Waals surface area contributed by atoms with Crippen molar-refractivity contribution in [1.29, 1.82) is 0 Å². The van der Waals surface area contributed by atoms with Gasteiger partial charge >= 0.3 is 6.18 Å². The van der Waals surface area contributed by atoms with Crippen LogP contribution in [0.15, 0.2) is 91.0 Å². The van der Waals surface area contributed by atoms with Gasteiger partial charge in [-0.1, -0.05) is 42.5 Å². The molecule has 2 aliphatic heterocycles. The van der Waals surface area contributed by atoms with Crippen molar-refractivity contribution in [2.24, 2.45) is 0 Å². The van der Waals surface area contributed by atoms with Gasteiger partial charge in [-0.2, -0.15) is 13.2 Å². The summed E-state index contributed by atoms with van der Waals surface area (Å²) >= 11 is 0. The number of rotatable bonds is 6. The molecule has 0 unspecified atom stereocenters. The molecule has 10 heteroatoms. The van der Waals surface area contributed by atoms with Crippen LogP contribution in [0.5, 0.6) is 17.2 Å². The number of anilines is 1. The lowest BCUT2D eigenvalue weighted by molar-refractivity contribution is -0.137. The predicted molar refractivity (Wildman–Crippen MR) is 148 cm³/mol. The summed E-state index contributed by atoms with van der Waals surface area (Å²) in [6, 6.07) is 23.1. The Kier molecular flexibility index (Phi) is 6.97. The Morgan fingerprint density at radius 3 is 2.48 bits per heavy atom. The number of hydrogen-bond acceptors (Lipinski definition) is 5. The van der Waals surface area contributed by atoms with Crippen LogP contribution >= 0.6 is 0 Å². The van der Waals surface area contributed by atoms with Gasteiger partial charge < -0.3 is 19.5 Å². The van der Waals surface area contributed by atoms with Crippen LogP contribution in [-0.4, -0.2) is 25.7 Å². The van der Waals surface area contributed by atoms with E-state index >= 15 is 0 Å². The molecule has 4 aromatic carbocycles. The molecule has 2 heterocycles. The Hall–Kier alpha value is -4.99. The molecule has 0 aliphatic carbocycles. The predicted octanol–water partition coefficient (Wildman–Crippen LogP) is 6.24. The number of fused-ring (bicyclic) bond motifs is 2. The van der Waals surface area contributed by atoms with Gasteiger partial charge in [-0.05, 0) is 59.2 Å². The minimum absolute atomic E-state index is 0.0536. The summed E-state index contributed by atoms with van der Waals surface area (Å²) in [6.45, 7) is -0.0766. The third kappa shape index (κ3) is 5.00. The molecule has 7 nitrogen and oxygen atoms in total. The normalized spacial score (nSPS) is 17.5. The summed E-state index contributed by atoms with van der Waals surface area (Å²) in [5.41, 5.74) is 1.52. The van der Waals surface area contributed by atoms with Crippen LogP contribution in [0.25, 0.3) is 0 Å². The van der Waals surface area contributed by atoms with Gasteiger partial charge in [0.1, 0.15) is 5.75 Å². The van der Waals surface area contributed by atoms with Crippen molar-refractivity contribution < 1.29 is 37.0 Å². The zero-order chi connectivity index (χ0) is 29.4. The Morgan fingerprint density at radius 2 is 1.71 bits per heavy atom. The fraction of sp³-hybridized carbons (Fsp3) is 0.188. The van der Waals surface area contributed by atoms with Crippen LogP contribution < -0.4 is 24.4 Å². The largest absolute Gasteiger partial charge is 0.497 e. The minimum Gasteiger partial charge on any atom is -0.497 e. The molecule has 1 N–H and O–H groups in total. The Morgan fingerprint density at radius 1 is 0.952 bits per heavy atom. The van der Waals surface area contributed by atoms with Crippen molar-refractivity contribution in [3.63, 3.8) is 0 Å². The van der Waals surface area contributed by atoms with Gasteiger partial charge in [0.25, 0.3) is 5.91 Å². The molecule has 214 valence electrons. The van der Waals surface area contributed by atoms with Gasteiger partial charge in [-0.25, -0.2) is 0 Å². The summed E-state index contributed by atoms with van der Waals surface area (Å²) < 4.78 is 56.2. The lowest BCUT2D eigenvalue weighted by Gasteiger charge is -2.42. The third-order valence-electron chi connectivity index (χ3n) is 7.43. The molecular formula is C32H25F3N2O5. The first-order chi connectivity index (χ1) is 20.2. The highest BCUT2D eigenvalue weighted by atomic mass is 19.4. The van der Waals surface area contributed by atoms with E-state index in [9.17, 15) is 22.8 Å². The number of halogens is 3. The van der Waals surface area contributed by atoms with Crippen molar-refractivity contribution in [3.8, 4) is 17.2 Å². The van der Waals surface area contributed by atoms with E-state index in [2.05, 4.69) is 5.32 Å². The molecule has 0 saturated heterocycles. The molecule has 2 atom stereocenters. The van der Waals surface area contributed by atoms with Crippen molar-refractivity contribution in [2.75, 3.05) is 18.8 Å². The lowest BCUT2D eigenvalue weighted by atomic mass is 9.78. The fourth-order valence-electron chi connectivity index (χ4n) is 5.44. The van der Waals surface area contributed by atoms with Crippen molar-refractivity contribution in [2.45, 2.75) is 24.7 Å². The average molecular weight is 575 g/mol. The second-order valence-electron chi connectivity index (χ2n) is 9.91. The van der Waals surface area contributed by atoms with E-state index in [0.29, 0.717) is 45.2 Å². The zero-order valence-corrected chi connectivity index (χ0v) is 22.4. The van der Waals surface area contributed by atoms with Crippen molar-refractivity contribution in [1.82, 2.24) is 5.32 Å². The summed E-state index contributed by atoms with van der Waals surface area (Å²) in [5.74, 6) is -0.0470. The first-order valence-corrected chi connectivity index (χ1v) is 13.1. The van der Waals surface area contributed by atoms with Gasteiger partial charge in [0, 0.05) is 23.9 Å². The van der Waals surface area contributed by atoms with Crippen LogP contribution in [0.3, 0.4) is 0 Å². The smallest absolute Gasteiger partial charge is 0.416 e. The molecule has 6 rings (SSSR count). The van der Waals surface area contributed by atoms with Crippen LogP contribution in [-0.2, 0) is 17.5 Å². The number of carbonyl (C=O) groups is 2. The molecule has 0 radical (unpaired) electrons. The standard InChI is InChI=1S/C32H25F3N2O5/c1-40-23-12-9-20(10-13-23)29-28(30(38)36-17-19-5-4-6-21(15-19)32(33,34)35)24-7-2-3-8-25(24)31(39)37(29)22-11-14-26-27(16-22)42-18-41-26/h2-16,28-29H,17-18H2,1H3,(H,36,38)/t28-,29+/m1/s1. The van der Waals surface area contributed by atoms with Crippen LogP contribution in [0.2, 0.25) is 0 Å². The highest BCUT2D eigenvalue weighted by Gasteiger charge is 2.45. The molecule has 2 aliphatic rings. The van der Waals surface area contributed by atoms with Crippen LogP contribution in [0, 0.1) is 0 Å². The quantitative estimate of drug-likeness (QED) is 0.295. The lowest BCUT2D eigenvalue weighted by Crippen LogP contribution is -2.47. The first kappa shape index (κ1) is 27.2. The number of ether oxygens (including phenoxy) is 3. The first-order valence-electron chi connectivity index (χ1n) is 13.1. The number of nitrogens with zero attached hydrogens (tertiary/aromatic N) is 1. The van der Waals surface area contributed by atoms with E-state index in [0.717, 1.165) is 12.1 Å². The number of carbonyl (C=O) groups excluding carboxylic acids is 2. The summed E-state index contributed by atoms with van der Waals surface area (Å²) in [6.07, 6.45) is -4.51. The topological polar surface area (TPSA) is 77.1 Å². The Balaban J connectivity index is 1.43. The van der Waals surface area contributed by atoms with E-state index < -0.39 is 29.6 Å². The zero-order valence-electron chi connectivity index (χ0n) is 22.4. The van der Waals surface area contributed by atoms with Gasteiger partial charge in [-0.15, -0.1) is 0 Å². The second kappa shape index (κ2) is 10.8. The van der Waals surface area contributed by atoms with E-state index in [1.54, 1.807) is 78.7 Å². The molecule has 42 heavy (non-hydrogen) atoms. The molecule has 0 saturated carbocycles. The van der Waals surface area contributed by atoms with Crippen LogP contribution in [0.4, 0.5) is 18.9 Å². The number of methoxy groups -OCH3 is 1.